The van der Waals surface area contributed by atoms with Crippen LogP contribution < -0.4 is 27.4 Å². The molecule has 1 aromatic heterocycles. The maximum Gasteiger partial charge on any atom is 0.326 e. The Kier molecular flexibility index (Phi) is 11.6. The summed E-state index contributed by atoms with van der Waals surface area (Å²) in [4.78, 5) is 67.0. The van der Waals surface area contributed by atoms with Gasteiger partial charge >= 0.3 is 5.97 Å². The molecule has 9 N–H and O–H groups in total. The average Bonchev–Trinajstić information content (AvgIpc) is 3.45. The fourth-order valence-corrected chi connectivity index (χ4v) is 5.12. The van der Waals surface area contributed by atoms with Gasteiger partial charge in [0.25, 0.3) is 0 Å². The minimum Gasteiger partial charge on any atom is -0.480 e. The molecule has 240 valence electrons. The van der Waals surface area contributed by atoms with Gasteiger partial charge in [-0.05, 0) is 35.6 Å². The van der Waals surface area contributed by atoms with Crippen molar-refractivity contribution in [2.24, 2.45) is 11.5 Å². The van der Waals surface area contributed by atoms with Gasteiger partial charge in [0.05, 0.1) is 6.04 Å². The third-order valence-corrected chi connectivity index (χ3v) is 7.58. The van der Waals surface area contributed by atoms with E-state index in [0.717, 1.165) is 22.0 Å². The number of carboxylic acids is 1. The summed E-state index contributed by atoms with van der Waals surface area (Å²) in [6.45, 7) is 0. The molecule has 0 radical (unpaired) electrons. The van der Waals surface area contributed by atoms with E-state index in [1.165, 1.54) is 0 Å². The number of nitrogens with one attached hydrogen (secondary N) is 4. The van der Waals surface area contributed by atoms with Crippen LogP contribution >= 0.6 is 0 Å². The van der Waals surface area contributed by atoms with Gasteiger partial charge < -0.3 is 37.5 Å². The Labute approximate surface area is 265 Å². The third kappa shape index (κ3) is 9.50. The molecular weight excluding hydrogens is 588 g/mol. The highest BCUT2D eigenvalue weighted by Crippen LogP contribution is 2.19. The summed E-state index contributed by atoms with van der Waals surface area (Å²) >= 11 is 0. The van der Waals surface area contributed by atoms with Crippen LogP contribution in [0.15, 0.2) is 91.1 Å². The Morgan fingerprint density at radius 2 is 1.20 bits per heavy atom. The first-order chi connectivity index (χ1) is 22.1. The lowest BCUT2D eigenvalue weighted by Gasteiger charge is -2.25. The van der Waals surface area contributed by atoms with Crippen LogP contribution in [0.25, 0.3) is 10.9 Å². The number of nitrogens with two attached hydrogens (primary N) is 2. The van der Waals surface area contributed by atoms with E-state index in [4.69, 9.17) is 11.5 Å². The highest BCUT2D eigenvalue weighted by atomic mass is 16.4. The van der Waals surface area contributed by atoms with Crippen molar-refractivity contribution in [3.63, 3.8) is 0 Å². The lowest BCUT2D eigenvalue weighted by Crippen LogP contribution is -2.58. The van der Waals surface area contributed by atoms with E-state index >= 15 is 0 Å². The van der Waals surface area contributed by atoms with Crippen molar-refractivity contribution >= 4 is 40.5 Å². The van der Waals surface area contributed by atoms with Crippen molar-refractivity contribution in [2.75, 3.05) is 0 Å². The van der Waals surface area contributed by atoms with Gasteiger partial charge in [-0.25, -0.2) is 4.79 Å². The second-order valence-corrected chi connectivity index (χ2v) is 11.1. The number of primary amides is 1. The molecule has 4 amide bonds. The molecule has 0 spiro atoms. The van der Waals surface area contributed by atoms with Gasteiger partial charge in [0, 0.05) is 36.4 Å². The molecule has 3 aromatic carbocycles. The normalized spacial score (nSPS) is 13.6. The van der Waals surface area contributed by atoms with Gasteiger partial charge in [-0.3, -0.25) is 19.2 Å². The summed E-state index contributed by atoms with van der Waals surface area (Å²) in [6, 6.07) is 21.0. The van der Waals surface area contributed by atoms with Gasteiger partial charge in [-0.2, -0.15) is 0 Å². The largest absolute Gasteiger partial charge is 0.480 e. The smallest absolute Gasteiger partial charge is 0.326 e. The lowest BCUT2D eigenvalue weighted by molar-refractivity contribution is -0.142. The van der Waals surface area contributed by atoms with Crippen LogP contribution in [0, 0.1) is 0 Å². The maximum atomic E-state index is 13.9. The number of carboxylic acid groups (broad SMARTS) is 1. The van der Waals surface area contributed by atoms with Crippen molar-refractivity contribution in [3.8, 4) is 0 Å². The molecule has 46 heavy (non-hydrogen) atoms. The molecule has 0 saturated carbocycles. The number of rotatable bonds is 16. The van der Waals surface area contributed by atoms with Crippen molar-refractivity contribution in [2.45, 2.75) is 56.3 Å². The van der Waals surface area contributed by atoms with Gasteiger partial charge in [0.15, 0.2) is 0 Å². The van der Waals surface area contributed by atoms with Gasteiger partial charge in [-0.15, -0.1) is 0 Å². The molecule has 12 nitrogen and oxygen atoms in total. The first-order valence-corrected chi connectivity index (χ1v) is 14.9. The summed E-state index contributed by atoms with van der Waals surface area (Å²) < 4.78 is 0. The number of aromatic amines is 1. The molecule has 0 saturated heterocycles. The number of H-pyrrole nitrogens is 1. The zero-order valence-corrected chi connectivity index (χ0v) is 25.1. The van der Waals surface area contributed by atoms with E-state index in [2.05, 4.69) is 20.9 Å². The van der Waals surface area contributed by atoms with E-state index < -0.39 is 53.8 Å². The number of hydrogen-bond donors (Lipinski definition) is 7. The molecule has 4 rings (SSSR count). The Morgan fingerprint density at radius 1 is 0.674 bits per heavy atom. The molecule has 0 aliphatic heterocycles. The zero-order chi connectivity index (χ0) is 33.1. The highest BCUT2D eigenvalue weighted by molar-refractivity contribution is 5.95. The molecule has 12 heteroatoms. The molecule has 4 aromatic rings. The van der Waals surface area contributed by atoms with Crippen molar-refractivity contribution in [1.82, 2.24) is 20.9 Å². The predicted molar refractivity (Wildman–Crippen MR) is 172 cm³/mol. The average molecular weight is 627 g/mol. The van der Waals surface area contributed by atoms with Crippen LogP contribution in [-0.4, -0.2) is 63.9 Å². The number of fused-ring (bicyclic) bond motifs is 1. The maximum absolute atomic E-state index is 13.9. The zero-order valence-electron chi connectivity index (χ0n) is 25.1. The molecule has 0 aliphatic carbocycles. The van der Waals surface area contributed by atoms with E-state index in [1.54, 1.807) is 18.3 Å². The van der Waals surface area contributed by atoms with Crippen LogP contribution in [0.2, 0.25) is 0 Å². The van der Waals surface area contributed by atoms with Crippen molar-refractivity contribution in [1.29, 1.82) is 0 Å². The summed E-state index contributed by atoms with van der Waals surface area (Å²) in [7, 11) is 0. The van der Waals surface area contributed by atoms with Gasteiger partial charge in [0.1, 0.15) is 18.1 Å². The number of amides is 4. The molecule has 0 aliphatic rings. The molecule has 0 bridgehead atoms. The third-order valence-electron chi connectivity index (χ3n) is 7.58. The Balaban J connectivity index is 1.58. The number of carbonyl (C=O) groups excluding carboxylic acids is 4. The van der Waals surface area contributed by atoms with E-state index in [0.29, 0.717) is 5.56 Å². The van der Waals surface area contributed by atoms with Crippen LogP contribution in [0.1, 0.15) is 29.5 Å². The Hall–Kier alpha value is -5.49. The van der Waals surface area contributed by atoms with Gasteiger partial charge in [-0.1, -0.05) is 78.9 Å². The van der Waals surface area contributed by atoms with Crippen LogP contribution in [-0.2, 0) is 43.2 Å². The standard InChI is InChI=1S/C34H38N6O6/c35-25(17-21-9-3-1-4-10-21)31(42)39-28(18-22-11-5-2-6-12-22)32(43)40-29(19-23-20-37-26-14-8-7-13-24(23)26)33(44)38-27(34(45)46)15-16-30(36)41/h1-14,20,25,27-29,37H,15-19,35H2,(H2,36,41)(H,38,44)(H,39,42)(H,40,43)(H,45,46). The van der Waals surface area contributed by atoms with E-state index in [-0.39, 0.29) is 32.1 Å². The summed E-state index contributed by atoms with van der Waals surface area (Å²) in [5, 5.41) is 18.4. The van der Waals surface area contributed by atoms with Crippen LogP contribution in [0.3, 0.4) is 0 Å². The first-order valence-electron chi connectivity index (χ1n) is 14.9. The second kappa shape index (κ2) is 16.0. The molecule has 4 atom stereocenters. The Bertz CT molecular complexity index is 1660. The first kappa shape index (κ1) is 33.4. The molecular formula is C34H38N6O6. The number of benzene rings is 3. The molecule has 1 heterocycles. The van der Waals surface area contributed by atoms with E-state index in [9.17, 15) is 29.1 Å². The van der Waals surface area contributed by atoms with Crippen molar-refractivity contribution < 1.29 is 29.1 Å². The van der Waals surface area contributed by atoms with Gasteiger partial charge in [0.2, 0.25) is 23.6 Å². The fourth-order valence-electron chi connectivity index (χ4n) is 5.12. The quantitative estimate of drug-likeness (QED) is 0.0969. The summed E-state index contributed by atoms with van der Waals surface area (Å²) in [5.74, 6) is -4.05. The minimum atomic E-state index is -1.42. The topological polar surface area (TPSA) is 209 Å². The number of aliphatic carboxylic acids is 1. The second-order valence-electron chi connectivity index (χ2n) is 11.1. The summed E-state index contributed by atoms with van der Waals surface area (Å²) in [5.41, 5.74) is 14.5. The monoisotopic (exact) mass is 626 g/mol. The Morgan fingerprint density at radius 3 is 1.80 bits per heavy atom. The number of para-hydroxylation sites is 1. The fraction of sp³-hybridized carbons (Fsp3) is 0.265. The SMILES string of the molecule is NC(=O)CCC(NC(=O)C(Cc1c[nH]c2ccccc12)NC(=O)C(Cc1ccccc1)NC(=O)C(N)Cc1ccccc1)C(=O)O. The number of hydrogen-bond acceptors (Lipinski definition) is 6. The van der Waals surface area contributed by atoms with Crippen LogP contribution in [0.5, 0.6) is 0 Å². The predicted octanol–water partition coefficient (Wildman–Crippen LogP) is 1.33. The minimum absolute atomic E-state index is 0.00324. The molecule has 4 unspecified atom stereocenters. The number of aromatic nitrogens is 1. The molecule has 0 fully saturated rings. The summed E-state index contributed by atoms with van der Waals surface area (Å²) in [6.07, 6.45) is 1.59. The van der Waals surface area contributed by atoms with Crippen molar-refractivity contribution in [3.05, 3.63) is 108 Å². The number of carbonyl (C=O) groups is 5. The van der Waals surface area contributed by atoms with E-state index in [1.807, 2.05) is 72.8 Å². The van der Waals surface area contributed by atoms with Crippen LogP contribution in [0.4, 0.5) is 0 Å². The lowest BCUT2D eigenvalue weighted by atomic mass is 10.0. The highest BCUT2D eigenvalue weighted by Gasteiger charge is 2.31.